The normalized spacial score (nSPS) is 17.7. The molecule has 4 N–H and O–H groups in total. The molecule has 0 bridgehead atoms. The Labute approximate surface area is 195 Å². The Morgan fingerprint density at radius 3 is 2.62 bits per heavy atom. The van der Waals surface area contributed by atoms with Gasteiger partial charge in [0.1, 0.15) is 28.7 Å². The first kappa shape index (κ1) is 21.6. The molecule has 0 spiro atoms. The summed E-state index contributed by atoms with van der Waals surface area (Å²) in [6, 6.07) is 10.8. The fourth-order valence-corrected chi connectivity index (χ4v) is 4.59. The maximum atomic E-state index is 12.7. The first-order valence-electron chi connectivity index (χ1n) is 11.1. The SMILES string of the molecule is Cc1ccnc(NC(=O)c2ccc(-c3nc([C@@H]4CC[C@H](C(=O)O)C4)n4ccnc(N)c34)cc2)c1. The van der Waals surface area contributed by atoms with Crippen molar-refractivity contribution in [2.45, 2.75) is 32.1 Å². The predicted octanol–water partition coefficient (Wildman–Crippen LogP) is 3.90. The minimum atomic E-state index is -0.764. The minimum absolute atomic E-state index is 0.0241. The van der Waals surface area contributed by atoms with Crippen molar-refractivity contribution in [2.24, 2.45) is 5.92 Å². The third-order valence-corrected chi connectivity index (χ3v) is 6.33. The number of amides is 1. The van der Waals surface area contributed by atoms with E-state index in [-0.39, 0.29) is 17.7 Å². The summed E-state index contributed by atoms with van der Waals surface area (Å²) < 4.78 is 1.91. The zero-order valence-corrected chi connectivity index (χ0v) is 18.6. The molecule has 4 aromatic rings. The highest BCUT2D eigenvalue weighted by Gasteiger charge is 2.33. The second-order valence-corrected chi connectivity index (χ2v) is 8.64. The predicted molar refractivity (Wildman–Crippen MR) is 127 cm³/mol. The van der Waals surface area contributed by atoms with Gasteiger partial charge in [0.05, 0.1) is 5.92 Å². The number of pyridine rings is 1. The number of rotatable bonds is 5. The summed E-state index contributed by atoms with van der Waals surface area (Å²) in [7, 11) is 0. The largest absolute Gasteiger partial charge is 0.481 e. The number of aryl methyl sites for hydroxylation is 1. The summed E-state index contributed by atoms with van der Waals surface area (Å²) in [6.07, 6.45) is 7.00. The van der Waals surface area contributed by atoms with Crippen LogP contribution in [0.5, 0.6) is 0 Å². The topological polar surface area (TPSA) is 136 Å². The van der Waals surface area contributed by atoms with Crippen LogP contribution in [0.25, 0.3) is 16.8 Å². The van der Waals surface area contributed by atoms with Gasteiger partial charge in [0.15, 0.2) is 0 Å². The van der Waals surface area contributed by atoms with Gasteiger partial charge in [-0.25, -0.2) is 15.0 Å². The lowest BCUT2D eigenvalue weighted by Crippen LogP contribution is -2.12. The van der Waals surface area contributed by atoms with E-state index in [1.165, 1.54) is 0 Å². The highest BCUT2D eigenvalue weighted by molar-refractivity contribution is 6.04. The first-order chi connectivity index (χ1) is 16.4. The van der Waals surface area contributed by atoms with E-state index in [0.29, 0.717) is 41.3 Å². The molecule has 2 atom stereocenters. The molecular formula is C25H24N6O3. The number of carbonyl (C=O) groups excluding carboxylic acids is 1. The molecule has 1 aliphatic rings. The average Bonchev–Trinajstić information content (AvgIpc) is 3.45. The van der Waals surface area contributed by atoms with E-state index in [9.17, 15) is 14.7 Å². The third kappa shape index (κ3) is 3.96. The molecule has 9 nitrogen and oxygen atoms in total. The fourth-order valence-electron chi connectivity index (χ4n) is 4.59. The average molecular weight is 457 g/mol. The van der Waals surface area contributed by atoms with Crippen LogP contribution < -0.4 is 11.1 Å². The van der Waals surface area contributed by atoms with Crippen molar-refractivity contribution in [3.63, 3.8) is 0 Å². The van der Waals surface area contributed by atoms with Crippen LogP contribution in [0.4, 0.5) is 11.6 Å². The highest BCUT2D eigenvalue weighted by Crippen LogP contribution is 2.40. The number of carboxylic acid groups (broad SMARTS) is 1. The summed E-state index contributed by atoms with van der Waals surface area (Å²) in [5, 5.41) is 12.2. The lowest BCUT2D eigenvalue weighted by molar-refractivity contribution is -0.141. The molecule has 1 fully saturated rings. The molecule has 0 radical (unpaired) electrons. The van der Waals surface area contributed by atoms with Crippen LogP contribution >= 0.6 is 0 Å². The molecule has 9 heteroatoms. The van der Waals surface area contributed by atoms with E-state index in [0.717, 1.165) is 23.4 Å². The molecule has 0 aliphatic heterocycles. The summed E-state index contributed by atoms with van der Waals surface area (Å²) in [5.41, 5.74) is 9.84. The van der Waals surface area contributed by atoms with Crippen molar-refractivity contribution < 1.29 is 14.7 Å². The van der Waals surface area contributed by atoms with Gasteiger partial charge < -0.3 is 16.2 Å². The molecule has 172 valence electrons. The molecule has 34 heavy (non-hydrogen) atoms. The van der Waals surface area contributed by atoms with Crippen LogP contribution in [0.1, 0.15) is 46.9 Å². The van der Waals surface area contributed by atoms with Gasteiger partial charge in [-0.15, -0.1) is 0 Å². The number of aromatic nitrogens is 4. The van der Waals surface area contributed by atoms with Crippen LogP contribution in [0.15, 0.2) is 55.0 Å². The van der Waals surface area contributed by atoms with Gasteiger partial charge in [0.25, 0.3) is 5.91 Å². The van der Waals surface area contributed by atoms with Gasteiger partial charge in [-0.1, -0.05) is 12.1 Å². The maximum Gasteiger partial charge on any atom is 0.306 e. The molecule has 1 aliphatic carbocycles. The van der Waals surface area contributed by atoms with E-state index in [1.807, 2.05) is 35.7 Å². The Hall–Kier alpha value is -4.27. The number of anilines is 2. The van der Waals surface area contributed by atoms with Gasteiger partial charge in [0.2, 0.25) is 0 Å². The number of benzene rings is 1. The quantitative estimate of drug-likeness (QED) is 0.414. The van der Waals surface area contributed by atoms with Crippen molar-refractivity contribution in [1.29, 1.82) is 0 Å². The summed E-state index contributed by atoms with van der Waals surface area (Å²) in [5.74, 6) is 0.267. The monoisotopic (exact) mass is 456 g/mol. The van der Waals surface area contributed by atoms with E-state index >= 15 is 0 Å². The molecule has 3 heterocycles. The molecule has 0 unspecified atom stereocenters. The van der Waals surface area contributed by atoms with Crippen LogP contribution in [0, 0.1) is 12.8 Å². The minimum Gasteiger partial charge on any atom is -0.481 e. The summed E-state index contributed by atoms with van der Waals surface area (Å²) in [6.45, 7) is 1.93. The maximum absolute atomic E-state index is 12.7. The van der Waals surface area contributed by atoms with Crippen molar-refractivity contribution in [2.75, 3.05) is 11.1 Å². The van der Waals surface area contributed by atoms with Gasteiger partial charge >= 0.3 is 5.97 Å². The molecule has 1 amide bonds. The lowest BCUT2D eigenvalue weighted by Gasteiger charge is -2.08. The number of imidazole rings is 1. The molecular weight excluding hydrogens is 432 g/mol. The number of hydrogen-bond donors (Lipinski definition) is 3. The van der Waals surface area contributed by atoms with Gasteiger partial charge in [-0.05, 0) is 56.0 Å². The van der Waals surface area contributed by atoms with Crippen molar-refractivity contribution in [1.82, 2.24) is 19.4 Å². The van der Waals surface area contributed by atoms with E-state index < -0.39 is 5.97 Å². The van der Waals surface area contributed by atoms with Crippen molar-refractivity contribution in [3.05, 3.63) is 71.9 Å². The Kier molecular flexibility index (Phi) is 5.45. The van der Waals surface area contributed by atoms with Gasteiger partial charge in [0, 0.05) is 35.6 Å². The van der Waals surface area contributed by atoms with E-state index in [1.54, 1.807) is 30.6 Å². The van der Waals surface area contributed by atoms with Crippen LogP contribution in [-0.2, 0) is 4.79 Å². The van der Waals surface area contributed by atoms with Crippen LogP contribution in [0.2, 0.25) is 0 Å². The number of carbonyl (C=O) groups is 2. The fraction of sp³-hybridized carbons (Fsp3) is 0.240. The van der Waals surface area contributed by atoms with Crippen LogP contribution in [-0.4, -0.2) is 36.3 Å². The number of nitrogens with one attached hydrogen (secondary N) is 1. The number of nitrogens with two attached hydrogens (primary N) is 1. The Balaban J connectivity index is 1.46. The molecule has 1 saturated carbocycles. The number of fused-ring (bicyclic) bond motifs is 1. The van der Waals surface area contributed by atoms with Gasteiger partial charge in [-0.3, -0.25) is 14.0 Å². The third-order valence-electron chi connectivity index (χ3n) is 6.33. The first-order valence-corrected chi connectivity index (χ1v) is 11.1. The molecule has 1 aromatic carbocycles. The standard InChI is InChI=1S/C25H24N6O3/c1-14-8-9-27-19(12-14)29-24(32)16-4-2-15(3-5-16)20-21-22(26)28-10-11-31(21)23(30-20)17-6-7-18(13-17)25(33)34/h2-5,8-12,17-18H,6-7,13H2,1H3,(H2,26,28)(H,33,34)(H,27,29,32)/t17-,18+/m1/s1. The summed E-state index contributed by atoms with van der Waals surface area (Å²) in [4.78, 5) is 37.4. The molecule has 0 saturated heterocycles. The molecule has 3 aromatic heterocycles. The lowest BCUT2D eigenvalue weighted by atomic mass is 10.0. The van der Waals surface area contributed by atoms with Crippen LogP contribution in [0.3, 0.4) is 0 Å². The number of nitrogens with zero attached hydrogens (tertiary/aromatic N) is 4. The van der Waals surface area contributed by atoms with Gasteiger partial charge in [-0.2, -0.15) is 0 Å². The Morgan fingerprint density at radius 1 is 1.12 bits per heavy atom. The van der Waals surface area contributed by atoms with E-state index in [2.05, 4.69) is 15.3 Å². The Bertz CT molecular complexity index is 1400. The second kappa shape index (κ2) is 8.58. The van der Waals surface area contributed by atoms with Crippen molar-refractivity contribution in [3.8, 4) is 11.3 Å². The number of carboxylic acids is 1. The highest BCUT2D eigenvalue weighted by atomic mass is 16.4. The smallest absolute Gasteiger partial charge is 0.306 e. The zero-order chi connectivity index (χ0) is 23.8. The number of hydrogen-bond acceptors (Lipinski definition) is 6. The van der Waals surface area contributed by atoms with Crippen molar-refractivity contribution >= 4 is 29.0 Å². The van der Waals surface area contributed by atoms with E-state index in [4.69, 9.17) is 10.7 Å². The summed E-state index contributed by atoms with van der Waals surface area (Å²) >= 11 is 0. The Morgan fingerprint density at radius 2 is 1.91 bits per heavy atom. The zero-order valence-electron chi connectivity index (χ0n) is 18.6. The number of aliphatic carboxylic acids is 1. The molecule has 5 rings (SSSR count). The number of nitrogen functional groups attached to an aromatic ring is 1. The second-order valence-electron chi connectivity index (χ2n) is 8.64.